The first-order valence-corrected chi connectivity index (χ1v) is 9.74. The number of carbonyl (C=O) groups excluding carboxylic acids is 1. The number of thioether (sulfide) groups is 2. The zero-order valence-corrected chi connectivity index (χ0v) is 14.3. The van der Waals surface area contributed by atoms with E-state index in [1.54, 1.807) is 59.0 Å². The lowest BCUT2D eigenvalue weighted by Crippen LogP contribution is -2.20. The van der Waals surface area contributed by atoms with Crippen molar-refractivity contribution in [2.75, 3.05) is 11.1 Å². The van der Waals surface area contributed by atoms with Crippen LogP contribution in [0.3, 0.4) is 0 Å². The number of aromatic nitrogens is 1. The molecule has 2 aromatic rings. The Bertz CT molecular complexity index is 666. The zero-order valence-electron chi connectivity index (χ0n) is 10.2. The standard InChI is InChI=1S/C12H10N2OS5/c15-9(14-7-1-3-13-4-2-7)5-8-6-17-10-11(18-8)20-12(16)19-10/h1-4,8H,5-6H2,(H,13,14,15). The van der Waals surface area contributed by atoms with Crippen molar-refractivity contribution in [1.82, 2.24) is 4.98 Å². The van der Waals surface area contributed by atoms with Gasteiger partial charge in [-0.3, -0.25) is 9.78 Å². The van der Waals surface area contributed by atoms with Gasteiger partial charge in [0.1, 0.15) is 3.14 Å². The number of rotatable bonds is 3. The number of fused-ring (bicyclic) bond motifs is 1. The third kappa shape index (κ3) is 3.62. The maximum Gasteiger partial charge on any atom is 0.225 e. The van der Waals surface area contributed by atoms with Crippen molar-refractivity contribution in [1.29, 1.82) is 0 Å². The van der Waals surface area contributed by atoms with Gasteiger partial charge in [0.05, 0.1) is 8.42 Å². The average Bonchev–Trinajstić information content (AvgIpc) is 2.79. The summed E-state index contributed by atoms with van der Waals surface area (Å²) >= 11 is 12.2. The lowest BCUT2D eigenvalue weighted by molar-refractivity contribution is -0.116. The van der Waals surface area contributed by atoms with Gasteiger partial charge in [0.2, 0.25) is 5.91 Å². The van der Waals surface area contributed by atoms with Crippen molar-refractivity contribution in [3.8, 4) is 0 Å². The Kier molecular flexibility index (Phi) is 4.77. The number of nitrogens with zero attached hydrogens (tertiary/aromatic N) is 1. The third-order valence-electron chi connectivity index (χ3n) is 2.57. The highest BCUT2D eigenvalue weighted by atomic mass is 32.2. The van der Waals surface area contributed by atoms with Crippen molar-refractivity contribution in [2.24, 2.45) is 0 Å². The first-order valence-electron chi connectivity index (χ1n) is 5.84. The molecule has 3 heterocycles. The highest BCUT2D eigenvalue weighted by Gasteiger charge is 2.24. The van der Waals surface area contributed by atoms with Crippen LogP contribution in [0.5, 0.6) is 0 Å². The van der Waals surface area contributed by atoms with E-state index in [0.717, 1.165) is 14.6 Å². The van der Waals surface area contributed by atoms with Crippen LogP contribution < -0.4 is 5.32 Å². The Morgan fingerprint density at radius 1 is 1.35 bits per heavy atom. The van der Waals surface area contributed by atoms with Gasteiger partial charge in [0.25, 0.3) is 0 Å². The predicted molar refractivity (Wildman–Crippen MR) is 90.9 cm³/mol. The molecule has 0 aliphatic carbocycles. The fraction of sp³-hybridized carbons (Fsp3) is 0.250. The van der Waals surface area contributed by atoms with Gasteiger partial charge in [-0.25, -0.2) is 0 Å². The molecule has 0 spiro atoms. The molecular weight excluding hydrogens is 348 g/mol. The summed E-state index contributed by atoms with van der Waals surface area (Å²) in [7, 11) is 0. The molecule has 8 heteroatoms. The Morgan fingerprint density at radius 3 is 2.90 bits per heavy atom. The van der Waals surface area contributed by atoms with Crippen LogP contribution in [0.1, 0.15) is 6.42 Å². The molecule has 0 radical (unpaired) electrons. The minimum atomic E-state index is 0.0524. The Hall–Kier alpha value is -0.410. The lowest BCUT2D eigenvalue weighted by atomic mass is 10.3. The van der Waals surface area contributed by atoms with E-state index in [4.69, 9.17) is 12.2 Å². The van der Waals surface area contributed by atoms with Crippen LogP contribution in [0.25, 0.3) is 0 Å². The summed E-state index contributed by atoms with van der Waals surface area (Å²) in [5.74, 6) is 1.01. The van der Waals surface area contributed by atoms with Crippen LogP contribution in [-0.4, -0.2) is 21.9 Å². The van der Waals surface area contributed by atoms with Gasteiger partial charge in [0, 0.05) is 35.5 Å². The van der Waals surface area contributed by atoms with Crippen molar-refractivity contribution >= 4 is 70.0 Å². The second-order valence-corrected chi connectivity index (χ2v) is 10.2. The quantitative estimate of drug-likeness (QED) is 0.817. The molecule has 104 valence electrons. The average molecular weight is 359 g/mol. The zero-order chi connectivity index (χ0) is 13.9. The van der Waals surface area contributed by atoms with E-state index in [1.165, 1.54) is 8.42 Å². The summed E-state index contributed by atoms with van der Waals surface area (Å²) < 4.78 is 3.56. The number of amides is 1. The summed E-state index contributed by atoms with van der Waals surface area (Å²) in [5, 5.41) is 3.22. The topological polar surface area (TPSA) is 42.0 Å². The largest absolute Gasteiger partial charge is 0.326 e. The van der Waals surface area contributed by atoms with Crippen LogP contribution in [-0.2, 0) is 4.79 Å². The fourth-order valence-electron chi connectivity index (χ4n) is 1.72. The second kappa shape index (κ2) is 6.57. The minimum Gasteiger partial charge on any atom is -0.326 e. The summed E-state index contributed by atoms with van der Waals surface area (Å²) in [6.07, 6.45) is 3.87. The molecule has 3 rings (SSSR count). The maximum absolute atomic E-state index is 12.0. The number of hydrogen-bond acceptors (Lipinski definition) is 7. The van der Waals surface area contributed by atoms with Crippen LogP contribution in [0.2, 0.25) is 0 Å². The molecule has 1 amide bonds. The molecule has 1 atom stereocenters. The van der Waals surface area contributed by atoms with Crippen LogP contribution >= 0.6 is 58.4 Å². The van der Waals surface area contributed by atoms with Crippen molar-refractivity contribution < 1.29 is 4.79 Å². The molecule has 1 aliphatic heterocycles. The first-order chi connectivity index (χ1) is 9.70. The van der Waals surface area contributed by atoms with E-state index in [1.807, 2.05) is 11.8 Å². The van der Waals surface area contributed by atoms with Crippen molar-refractivity contribution in [3.05, 3.63) is 27.7 Å². The van der Waals surface area contributed by atoms with Crippen LogP contribution in [0, 0.1) is 3.14 Å². The van der Waals surface area contributed by atoms with Gasteiger partial charge in [-0.15, -0.1) is 46.2 Å². The molecular formula is C12H10N2OS5. The monoisotopic (exact) mass is 358 g/mol. The third-order valence-corrected chi connectivity index (χ3v) is 8.67. The molecule has 1 unspecified atom stereocenters. The van der Waals surface area contributed by atoms with Crippen molar-refractivity contribution in [2.45, 2.75) is 20.1 Å². The number of anilines is 1. The van der Waals surface area contributed by atoms with Gasteiger partial charge < -0.3 is 5.32 Å². The van der Waals surface area contributed by atoms with E-state index in [9.17, 15) is 4.79 Å². The number of hydrogen-bond donors (Lipinski definition) is 1. The number of carbonyl (C=O) groups is 1. The summed E-state index contributed by atoms with van der Waals surface area (Å²) in [4.78, 5) is 16.0. The molecule has 1 N–H and O–H groups in total. The lowest BCUT2D eigenvalue weighted by Gasteiger charge is -2.19. The van der Waals surface area contributed by atoms with Crippen LogP contribution in [0.4, 0.5) is 5.69 Å². The summed E-state index contributed by atoms with van der Waals surface area (Å²) in [6, 6.07) is 3.59. The summed E-state index contributed by atoms with van der Waals surface area (Å²) in [6.45, 7) is 0. The van der Waals surface area contributed by atoms with Gasteiger partial charge in [-0.2, -0.15) is 0 Å². The molecule has 20 heavy (non-hydrogen) atoms. The van der Waals surface area contributed by atoms with Gasteiger partial charge in [0.15, 0.2) is 0 Å². The van der Waals surface area contributed by atoms with E-state index in [0.29, 0.717) is 11.7 Å². The summed E-state index contributed by atoms with van der Waals surface area (Å²) in [5.41, 5.74) is 0.797. The molecule has 0 bridgehead atoms. The Morgan fingerprint density at radius 2 is 2.10 bits per heavy atom. The van der Waals surface area contributed by atoms with E-state index in [-0.39, 0.29) is 5.91 Å². The number of pyridine rings is 1. The molecule has 1 aliphatic rings. The highest BCUT2D eigenvalue weighted by molar-refractivity contribution is 8.08. The van der Waals surface area contributed by atoms with Gasteiger partial charge >= 0.3 is 0 Å². The molecule has 0 saturated carbocycles. The smallest absolute Gasteiger partial charge is 0.225 e. The molecule has 0 fully saturated rings. The van der Waals surface area contributed by atoms with Gasteiger partial charge in [-0.05, 0) is 12.1 Å². The molecule has 0 saturated heterocycles. The Balaban J connectivity index is 1.59. The maximum atomic E-state index is 12.0. The first kappa shape index (κ1) is 14.5. The molecule has 0 aromatic carbocycles. The van der Waals surface area contributed by atoms with Crippen LogP contribution in [0.15, 0.2) is 32.9 Å². The fourth-order valence-corrected chi connectivity index (χ4v) is 8.36. The number of nitrogens with one attached hydrogen (secondary N) is 1. The normalized spacial score (nSPS) is 17.5. The van der Waals surface area contributed by atoms with Gasteiger partial charge in [-0.1, -0.05) is 12.2 Å². The highest BCUT2D eigenvalue weighted by Crippen LogP contribution is 2.48. The molecule has 3 nitrogen and oxygen atoms in total. The van der Waals surface area contributed by atoms with Crippen molar-refractivity contribution in [3.63, 3.8) is 0 Å². The second-order valence-electron chi connectivity index (χ2n) is 4.07. The predicted octanol–water partition coefficient (Wildman–Crippen LogP) is 4.53. The van der Waals surface area contributed by atoms with E-state index < -0.39 is 0 Å². The SMILES string of the molecule is O=C(CC1CSc2sc(=S)sc2S1)Nc1ccncc1. The van der Waals surface area contributed by atoms with E-state index in [2.05, 4.69) is 10.3 Å². The minimum absolute atomic E-state index is 0.0524. The molecule has 2 aromatic heterocycles. The Labute approximate surface area is 138 Å². The van der Waals surface area contributed by atoms with E-state index >= 15 is 0 Å².